The lowest BCUT2D eigenvalue weighted by molar-refractivity contribution is -0.202. The minimum absolute atomic E-state index is 0.377. The average Bonchev–Trinajstić information content (AvgIpc) is 2.02. The molecule has 0 N–H and O–H groups in total. The molecule has 0 aliphatic carbocycles. The van der Waals surface area contributed by atoms with Crippen LogP contribution in [0.2, 0.25) is 0 Å². The number of nitrogens with zero attached hydrogens (tertiary/aromatic N) is 1. The Balaban J connectivity index is 2.66. The highest BCUT2D eigenvalue weighted by Gasteiger charge is 2.45. The van der Waals surface area contributed by atoms with E-state index in [1.54, 1.807) is 13.8 Å². The lowest BCUT2D eigenvalue weighted by Crippen LogP contribution is -2.53. The normalized spacial score (nSPS) is 22.7. The predicted molar refractivity (Wildman–Crippen MR) is 47.1 cm³/mol. The lowest BCUT2D eigenvalue weighted by atomic mass is 10.0. The zero-order valence-electron chi connectivity index (χ0n) is 8.47. The van der Waals surface area contributed by atoms with Crippen molar-refractivity contribution in [1.29, 1.82) is 0 Å². The second-order valence-electron chi connectivity index (χ2n) is 3.88. The molecule has 5 heteroatoms. The summed E-state index contributed by atoms with van der Waals surface area (Å²) in [6.07, 6.45) is -4.13. The van der Waals surface area contributed by atoms with Crippen molar-refractivity contribution in [2.45, 2.75) is 26.1 Å². The van der Waals surface area contributed by atoms with Gasteiger partial charge in [-0.05, 0) is 5.92 Å². The fourth-order valence-electron chi connectivity index (χ4n) is 1.86. The zero-order chi connectivity index (χ0) is 10.8. The van der Waals surface area contributed by atoms with E-state index in [-0.39, 0.29) is 0 Å². The van der Waals surface area contributed by atoms with Gasteiger partial charge in [0.05, 0.1) is 13.2 Å². The van der Waals surface area contributed by atoms with E-state index in [4.69, 9.17) is 4.74 Å². The van der Waals surface area contributed by atoms with Gasteiger partial charge in [0.15, 0.2) is 0 Å². The van der Waals surface area contributed by atoms with Crippen LogP contribution in [-0.2, 0) is 4.74 Å². The number of hydrogen-bond donors (Lipinski definition) is 0. The van der Waals surface area contributed by atoms with E-state index in [9.17, 15) is 13.2 Å². The molecule has 1 atom stereocenters. The van der Waals surface area contributed by atoms with Crippen LogP contribution in [-0.4, -0.2) is 43.4 Å². The highest BCUT2D eigenvalue weighted by molar-refractivity contribution is 4.82. The quantitative estimate of drug-likeness (QED) is 0.691. The fourth-order valence-corrected chi connectivity index (χ4v) is 1.86. The van der Waals surface area contributed by atoms with Crippen molar-refractivity contribution in [1.82, 2.24) is 4.90 Å². The molecular formula is C9H16F3NO. The van der Waals surface area contributed by atoms with Crippen molar-refractivity contribution in [2.75, 3.05) is 26.3 Å². The van der Waals surface area contributed by atoms with Crippen molar-refractivity contribution >= 4 is 0 Å². The predicted octanol–water partition coefficient (Wildman–Crippen LogP) is 1.91. The molecule has 0 aromatic rings. The third-order valence-corrected chi connectivity index (χ3v) is 2.41. The highest BCUT2D eigenvalue weighted by atomic mass is 19.4. The van der Waals surface area contributed by atoms with Crippen LogP contribution in [0.15, 0.2) is 0 Å². The van der Waals surface area contributed by atoms with Gasteiger partial charge in [-0.1, -0.05) is 13.8 Å². The topological polar surface area (TPSA) is 12.5 Å². The van der Waals surface area contributed by atoms with Crippen LogP contribution in [0, 0.1) is 5.92 Å². The Morgan fingerprint density at radius 3 is 2.00 bits per heavy atom. The summed E-state index contributed by atoms with van der Waals surface area (Å²) in [6.45, 7) is 4.77. The van der Waals surface area contributed by atoms with E-state index < -0.39 is 18.1 Å². The standard InChI is InChI=1S/C9H16F3NO/c1-7(2)8(9(10,11)12)13-3-5-14-6-4-13/h7-8H,3-6H2,1-2H3. The SMILES string of the molecule is CC(C)C(N1CCOCC1)C(F)(F)F. The van der Waals surface area contributed by atoms with Crippen LogP contribution in [0.3, 0.4) is 0 Å². The Labute approximate surface area is 82.0 Å². The molecule has 1 saturated heterocycles. The summed E-state index contributed by atoms with van der Waals surface area (Å²) in [6, 6.07) is -1.33. The first-order chi connectivity index (χ1) is 6.43. The van der Waals surface area contributed by atoms with E-state index in [0.29, 0.717) is 26.3 Å². The Morgan fingerprint density at radius 1 is 1.14 bits per heavy atom. The first kappa shape index (κ1) is 11.8. The summed E-state index contributed by atoms with van der Waals surface area (Å²) in [5.74, 6) is -0.409. The van der Waals surface area contributed by atoms with Crippen LogP contribution in [0.1, 0.15) is 13.8 Å². The van der Waals surface area contributed by atoms with Gasteiger partial charge in [0, 0.05) is 13.1 Å². The van der Waals surface area contributed by atoms with Gasteiger partial charge in [-0.25, -0.2) is 0 Å². The third kappa shape index (κ3) is 2.85. The molecule has 0 aromatic carbocycles. The number of morpholine rings is 1. The van der Waals surface area contributed by atoms with Crippen molar-refractivity contribution in [3.63, 3.8) is 0 Å². The number of ether oxygens (including phenoxy) is 1. The van der Waals surface area contributed by atoms with Crippen molar-refractivity contribution < 1.29 is 17.9 Å². The van der Waals surface area contributed by atoms with E-state index >= 15 is 0 Å². The maximum atomic E-state index is 12.7. The molecule has 0 bridgehead atoms. The summed E-state index contributed by atoms with van der Waals surface area (Å²) in [4.78, 5) is 1.47. The fraction of sp³-hybridized carbons (Fsp3) is 1.00. The van der Waals surface area contributed by atoms with Crippen LogP contribution >= 0.6 is 0 Å². The Bertz CT molecular complexity index is 175. The van der Waals surface area contributed by atoms with Gasteiger partial charge in [-0.3, -0.25) is 4.90 Å². The second-order valence-corrected chi connectivity index (χ2v) is 3.88. The van der Waals surface area contributed by atoms with E-state index in [1.807, 2.05) is 0 Å². The summed E-state index contributed by atoms with van der Waals surface area (Å²) < 4.78 is 43.1. The van der Waals surface area contributed by atoms with E-state index in [0.717, 1.165) is 0 Å². The lowest BCUT2D eigenvalue weighted by Gasteiger charge is -2.37. The number of alkyl halides is 3. The Morgan fingerprint density at radius 2 is 1.64 bits per heavy atom. The van der Waals surface area contributed by atoms with Gasteiger partial charge in [-0.15, -0.1) is 0 Å². The van der Waals surface area contributed by atoms with Crippen LogP contribution < -0.4 is 0 Å². The summed E-state index contributed by atoms with van der Waals surface area (Å²) in [7, 11) is 0. The van der Waals surface area contributed by atoms with E-state index in [1.165, 1.54) is 4.90 Å². The Kier molecular flexibility index (Phi) is 3.78. The third-order valence-electron chi connectivity index (χ3n) is 2.41. The molecule has 1 unspecified atom stereocenters. The minimum Gasteiger partial charge on any atom is -0.379 e. The van der Waals surface area contributed by atoms with Crippen LogP contribution in [0.5, 0.6) is 0 Å². The molecule has 84 valence electrons. The number of halogens is 3. The monoisotopic (exact) mass is 211 g/mol. The minimum atomic E-state index is -4.13. The van der Waals surface area contributed by atoms with Crippen molar-refractivity contribution in [2.24, 2.45) is 5.92 Å². The van der Waals surface area contributed by atoms with Crippen LogP contribution in [0.25, 0.3) is 0 Å². The number of hydrogen-bond acceptors (Lipinski definition) is 2. The Hall–Kier alpha value is -0.290. The molecule has 0 aromatic heterocycles. The van der Waals surface area contributed by atoms with Gasteiger partial charge in [0.25, 0.3) is 0 Å². The van der Waals surface area contributed by atoms with Gasteiger partial charge >= 0.3 is 6.18 Å². The molecule has 1 fully saturated rings. The highest BCUT2D eigenvalue weighted by Crippen LogP contribution is 2.30. The van der Waals surface area contributed by atoms with Gasteiger partial charge < -0.3 is 4.74 Å². The van der Waals surface area contributed by atoms with Gasteiger partial charge in [0.1, 0.15) is 6.04 Å². The summed E-state index contributed by atoms with van der Waals surface area (Å²) in [5, 5.41) is 0. The van der Waals surface area contributed by atoms with Crippen molar-refractivity contribution in [3.05, 3.63) is 0 Å². The molecule has 2 nitrogen and oxygen atoms in total. The summed E-state index contributed by atoms with van der Waals surface area (Å²) >= 11 is 0. The van der Waals surface area contributed by atoms with Gasteiger partial charge in [-0.2, -0.15) is 13.2 Å². The smallest absolute Gasteiger partial charge is 0.379 e. The molecule has 1 heterocycles. The molecular weight excluding hydrogens is 195 g/mol. The summed E-state index contributed by atoms with van der Waals surface area (Å²) in [5.41, 5.74) is 0. The maximum absolute atomic E-state index is 12.7. The largest absolute Gasteiger partial charge is 0.404 e. The van der Waals surface area contributed by atoms with Crippen LogP contribution in [0.4, 0.5) is 13.2 Å². The molecule has 0 spiro atoms. The van der Waals surface area contributed by atoms with E-state index in [2.05, 4.69) is 0 Å². The number of rotatable bonds is 2. The molecule has 1 rings (SSSR count). The first-order valence-electron chi connectivity index (χ1n) is 4.81. The van der Waals surface area contributed by atoms with Crippen molar-refractivity contribution in [3.8, 4) is 0 Å². The molecule has 14 heavy (non-hydrogen) atoms. The molecule has 0 saturated carbocycles. The van der Waals surface area contributed by atoms with Gasteiger partial charge in [0.2, 0.25) is 0 Å². The zero-order valence-corrected chi connectivity index (χ0v) is 8.47. The molecule has 0 radical (unpaired) electrons. The molecule has 1 aliphatic rings. The first-order valence-corrected chi connectivity index (χ1v) is 4.81. The maximum Gasteiger partial charge on any atom is 0.404 e. The average molecular weight is 211 g/mol. The molecule has 0 amide bonds. The molecule has 1 aliphatic heterocycles. The second kappa shape index (κ2) is 4.49.